The van der Waals surface area contributed by atoms with Crippen LogP contribution in [0.1, 0.15) is 48.0 Å². The van der Waals surface area contributed by atoms with Gasteiger partial charge in [0.1, 0.15) is 0 Å². The van der Waals surface area contributed by atoms with Crippen LogP contribution in [0.3, 0.4) is 0 Å². The van der Waals surface area contributed by atoms with E-state index in [4.69, 9.17) is 11.6 Å². The molecule has 1 fully saturated rings. The Bertz CT molecular complexity index is 472. The Morgan fingerprint density at radius 3 is 2.65 bits per heavy atom. The van der Waals surface area contributed by atoms with Gasteiger partial charge in [-0.25, -0.2) is 0 Å². The normalized spacial score (nSPS) is 16.1. The van der Waals surface area contributed by atoms with Gasteiger partial charge in [-0.2, -0.15) is 0 Å². The fourth-order valence-electron chi connectivity index (χ4n) is 2.88. The number of benzene rings is 1. The lowest BCUT2D eigenvalue weighted by Crippen LogP contribution is -2.42. The predicted molar refractivity (Wildman–Crippen MR) is 87.5 cm³/mol. The van der Waals surface area contributed by atoms with Gasteiger partial charge in [-0.3, -0.25) is 4.79 Å². The molecule has 1 aliphatic carbocycles. The van der Waals surface area contributed by atoms with E-state index in [9.17, 15) is 4.79 Å². The zero-order chi connectivity index (χ0) is 14.5. The minimum absolute atomic E-state index is 0.119. The summed E-state index contributed by atoms with van der Waals surface area (Å²) in [5, 5.41) is 0. The summed E-state index contributed by atoms with van der Waals surface area (Å²) in [7, 11) is 0. The predicted octanol–water partition coefficient (Wildman–Crippen LogP) is 4.77. The highest BCUT2D eigenvalue weighted by Crippen LogP contribution is 2.25. The molecule has 0 atom stereocenters. The highest BCUT2D eigenvalue weighted by Gasteiger charge is 2.25. The molecule has 2 nitrogen and oxygen atoms in total. The minimum Gasteiger partial charge on any atom is -0.334 e. The summed E-state index contributed by atoms with van der Waals surface area (Å²) in [6.07, 6.45) is 5.94. The maximum atomic E-state index is 12.7. The van der Waals surface area contributed by atoms with E-state index in [1.54, 1.807) is 0 Å². The molecule has 110 valence electrons. The van der Waals surface area contributed by atoms with Crippen molar-refractivity contribution in [3.63, 3.8) is 0 Å². The zero-order valence-corrected chi connectivity index (χ0v) is 14.2. The largest absolute Gasteiger partial charge is 0.334 e. The van der Waals surface area contributed by atoms with Gasteiger partial charge in [0.15, 0.2) is 0 Å². The molecular weight excluding hydrogens is 338 g/mol. The number of amides is 1. The molecule has 0 unspecified atom stereocenters. The lowest BCUT2D eigenvalue weighted by Gasteiger charge is -2.34. The minimum atomic E-state index is 0.119. The first-order chi connectivity index (χ1) is 9.63. The van der Waals surface area contributed by atoms with Crippen LogP contribution in [0, 0.1) is 6.92 Å². The molecule has 1 aliphatic rings. The molecule has 0 aromatic heterocycles. The molecular formula is C16H21BrClNO. The second-order valence-corrected chi connectivity index (χ2v) is 6.68. The van der Waals surface area contributed by atoms with Gasteiger partial charge in [-0.1, -0.05) is 35.2 Å². The maximum Gasteiger partial charge on any atom is 0.254 e. The van der Waals surface area contributed by atoms with E-state index in [0.717, 1.165) is 28.4 Å². The Morgan fingerprint density at radius 1 is 1.35 bits per heavy atom. The standard InChI is InChI=1S/C16H21BrClNO/c1-12-11-13(7-8-15(12)17)16(20)19(10-9-18)14-5-3-2-4-6-14/h7-8,11,14H,2-6,9-10H2,1H3. The Kier molecular flexibility index (Phi) is 5.91. The molecule has 1 amide bonds. The molecule has 1 aromatic carbocycles. The summed E-state index contributed by atoms with van der Waals surface area (Å²) in [5.41, 5.74) is 1.85. The number of carbonyl (C=O) groups is 1. The van der Waals surface area contributed by atoms with Crippen molar-refractivity contribution in [2.45, 2.75) is 45.1 Å². The van der Waals surface area contributed by atoms with Gasteiger partial charge >= 0.3 is 0 Å². The topological polar surface area (TPSA) is 20.3 Å². The molecule has 0 radical (unpaired) electrons. The van der Waals surface area contributed by atoms with Crippen LogP contribution in [-0.2, 0) is 0 Å². The molecule has 4 heteroatoms. The first-order valence-electron chi connectivity index (χ1n) is 7.26. The average Bonchev–Trinajstić information content (AvgIpc) is 2.48. The van der Waals surface area contributed by atoms with Crippen LogP contribution in [0.15, 0.2) is 22.7 Å². The quantitative estimate of drug-likeness (QED) is 0.710. The van der Waals surface area contributed by atoms with E-state index in [2.05, 4.69) is 15.9 Å². The van der Waals surface area contributed by atoms with Gasteiger partial charge in [0.2, 0.25) is 0 Å². The Morgan fingerprint density at radius 2 is 2.05 bits per heavy atom. The number of rotatable bonds is 4. The van der Waals surface area contributed by atoms with E-state index in [1.807, 2.05) is 30.0 Å². The third-order valence-electron chi connectivity index (χ3n) is 4.01. The van der Waals surface area contributed by atoms with Crippen LogP contribution in [0.25, 0.3) is 0 Å². The van der Waals surface area contributed by atoms with Crippen LogP contribution in [0.5, 0.6) is 0 Å². The van der Waals surface area contributed by atoms with Crippen molar-refractivity contribution >= 4 is 33.4 Å². The molecule has 0 aliphatic heterocycles. The SMILES string of the molecule is Cc1cc(C(=O)N(CCCl)C2CCCCC2)ccc1Br. The lowest BCUT2D eigenvalue weighted by atomic mass is 9.93. The van der Waals surface area contributed by atoms with Crippen molar-refractivity contribution in [1.82, 2.24) is 4.90 Å². The lowest BCUT2D eigenvalue weighted by molar-refractivity contribution is 0.0649. The van der Waals surface area contributed by atoms with Crippen LogP contribution in [0.4, 0.5) is 0 Å². The van der Waals surface area contributed by atoms with Crippen LogP contribution < -0.4 is 0 Å². The van der Waals surface area contributed by atoms with Crippen molar-refractivity contribution in [2.75, 3.05) is 12.4 Å². The van der Waals surface area contributed by atoms with Crippen molar-refractivity contribution in [2.24, 2.45) is 0 Å². The van der Waals surface area contributed by atoms with E-state index in [1.165, 1.54) is 19.3 Å². The van der Waals surface area contributed by atoms with Gasteiger partial charge in [0.05, 0.1) is 0 Å². The summed E-state index contributed by atoms with van der Waals surface area (Å²) < 4.78 is 1.04. The monoisotopic (exact) mass is 357 g/mol. The summed E-state index contributed by atoms with van der Waals surface area (Å²) in [5.74, 6) is 0.616. The molecule has 1 aromatic rings. The molecule has 0 N–H and O–H groups in total. The Labute approximate surface area is 134 Å². The van der Waals surface area contributed by atoms with Crippen LogP contribution >= 0.6 is 27.5 Å². The summed E-state index contributed by atoms with van der Waals surface area (Å²) >= 11 is 9.38. The first-order valence-corrected chi connectivity index (χ1v) is 8.59. The molecule has 0 spiro atoms. The smallest absolute Gasteiger partial charge is 0.254 e. The molecule has 0 saturated heterocycles. The molecule has 20 heavy (non-hydrogen) atoms. The average molecular weight is 359 g/mol. The number of alkyl halides is 1. The Balaban J connectivity index is 2.18. The fourth-order valence-corrected chi connectivity index (χ4v) is 3.31. The number of hydrogen-bond acceptors (Lipinski definition) is 1. The van der Waals surface area contributed by atoms with Crippen LogP contribution in [-0.4, -0.2) is 29.3 Å². The van der Waals surface area contributed by atoms with Gasteiger partial charge in [-0.05, 0) is 43.5 Å². The second kappa shape index (κ2) is 7.46. The summed E-state index contributed by atoms with van der Waals surface area (Å²) in [6.45, 7) is 2.65. The summed E-state index contributed by atoms with van der Waals surface area (Å²) in [6, 6.07) is 6.15. The van der Waals surface area contributed by atoms with E-state index in [0.29, 0.717) is 18.5 Å². The third-order valence-corrected chi connectivity index (χ3v) is 5.07. The first kappa shape index (κ1) is 15.8. The van der Waals surface area contributed by atoms with Gasteiger partial charge in [0, 0.05) is 28.5 Å². The fraction of sp³-hybridized carbons (Fsp3) is 0.562. The summed E-state index contributed by atoms with van der Waals surface area (Å²) in [4.78, 5) is 14.7. The van der Waals surface area contributed by atoms with E-state index >= 15 is 0 Å². The van der Waals surface area contributed by atoms with E-state index in [-0.39, 0.29) is 5.91 Å². The number of carbonyl (C=O) groups excluding carboxylic acids is 1. The molecule has 0 heterocycles. The third kappa shape index (κ3) is 3.76. The van der Waals surface area contributed by atoms with Gasteiger partial charge in [-0.15, -0.1) is 11.6 Å². The molecule has 2 rings (SSSR count). The number of halogens is 2. The van der Waals surface area contributed by atoms with Crippen molar-refractivity contribution in [3.8, 4) is 0 Å². The number of aryl methyl sites for hydroxylation is 1. The van der Waals surface area contributed by atoms with Crippen molar-refractivity contribution < 1.29 is 4.79 Å². The van der Waals surface area contributed by atoms with Gasteiger partial charge in [0.25, 0.3) is 5.91 Å². The van der Waals surface area contributed by atoms with Crippen molar-refractivity contribution in [3.05, 3.63) is 33.8 Å². The van der Waals surface area contributed by atoms with E-state index < -0.39 is 0 Å². The Hall–Kier alpha value is -0.540. The highest BCUT2D eigenvalue weighted by molar-refractivity contribution is 9.10. The number of hydrogen-bond donors (Lipinski definition) is 0. The van der Waals surface area contributed by atoms with Gasteiger partial charge < -0.3 is 4.90 Å². The maximum absolute atomic E-state index is 12.7. The highest BCUT2D eigenvalue weighted by atomic mass is 79.9. The molecule has 1 saturated carbocycles. The van der Waals surface area contributed by atoms with Crippen LogP contribution in [0.2, 0.25) is 0 Å². The van der Waals surface area contributed by atoms with Crippen molar-refractivity contribution in [1.29, 1.82) is 0 Å². The molecule has 0 bridgehead atoms. The number of nitrogens with zero attached hydrogens (tertiary/aromatic N) is 1. The zero-order valence-electron chi connectivity index (χ0n) is 11.9. The second-order valence-electron chi connectivity index (χ2n) is 5.44.